The third-order valence-electron chi connectivity index (χ3n) is 1.11. The lowest BCUT2D eigenvalue weighted by Crippen LogP contribution is -1.89. The van der Waals surface area contributed by atoms with Crippen LogP contribution < -0.4 is 0 Å². The molecule has 0 N–H and O–H groups in total. The van der Waals surface area contributed by atoms with E-state index < -0.39 is 0 Å². The Labute approximate surface area is 56.5 Å². The third-order valence-corrected chi connectivity index (χ3v) is 1.11. The molecule has 0 saturated heterocycles. The summed E-state index contributed by atoms with van der Waals surface area (Å²) in [5, 5.41) is 0. The molecule has 0 saturated carbocycles. The van der Waals surface area contributed by atoms with Crippen LogP contribution in [0.3, 0.4) is 0 Å². The summed E-state index contributed by atoms with van der Waals surface area (Å²) in [6.45, 7) is 3.84. The SMILES string of the molecule is CC#C[C@@H](C)CCC=O. The van der Waals surface area contributed by atoms with Crippen LogP contribution in [0.25, 0.3) is 0 Å². The predicted octanol–water partition coefficient (Wildman–Crippen LogP) is 1.62. The van der Waals surface area contributed by atoms with Gasteiger partial charge < -0.3 is 4.79 Å². The summed E-state index contributed by atoms with van der Waals surface area (Å²) in [6.07, 6.45) is 2.47. The highest BCUT2D eigenvalue weighted by molar-refractivity contribution is 5.49. The molecule has 1 atom stereocenters. The van der Waals surface area contributed by atoms with Crippen molar-refractivity contribution in [2.24, 2.45) is 5.92 Å². The van der Waals surface area contributed by atoms with Crippen LogP contribution in [0.4, 0.5) is 0 Å². The Balaban J connectivity index is 3.33. The standard InChI is InChI=1S/C8H12O/c1-3-5-8(2)6-4-7-9/h7-8H,4,6H2,1-2H3/t8-/m1/s1. The fourth-order valence-corrected chi connectivity index (χ4v) is 0.637. The van der Waals surface area contributed by atoms with E-state index in [1.807, 2.05) is 13.8 Å². The van der Waals surface area contributed by atoms with E-state index >= 15 is 0 Å². The van der Waals surface area contributed by atoms with Gasteiger partial charge in [-0.05, 0) is 13.3 Å². The van der Waals surface area contributed by atoms with E-state index in [0.29, 0.717) is 12.3 Å². The molecule has 0 radical (unpaired) electrons. The molecule has 50 valence electrons. The van der Waals surface area contributed by atoms with E-state index in [4.69, 9.17) is 0 Å². The maximum Gasteiger partial charge on any atom is 0.120 e. The van der Waals surface area contributed by atoms with E-state index in [0.717, 1.165) is 12.7 Å². The zero-order chi connectivity index (χ0) is 7.11. The molecule has 0 heterocycles. The second kappa shape index (κ2) is 5.37. The molecule has 1 heteroatoms. The smallest absolute Gasteiger partial charge is 0.120 e. The van der Waals surface area contributed by atoms with Gasteiger partial charge in [0.2, 0.25) is 0 Å². The zero-order valence-electron chi connectivity index (χ0n) is 5.98. The number of carbonyl (C=O) groups excluding carboxylic acids is 1. The normalized spacial score (nSPS) is 11.3. The van der Waals surface area contributed by atoms with Crippen molar-refractivity contribution in [1.29, 1.82) is 0 Å². The van der Waals surface area contributed by atoms with Crippen molar-refractivity contribution in [3.05, 3.63) is 0 Å². The van der Waals surface area contributed by atoms with Gasteiger partial charge in [-0.25, -0.2) is 0 Å². The minimum Gasteiger partial charge on any atom is -0.303 e. The van der Waals surface area contributed by atoms with Crippen molar-refractivity contribution in [3.63, 3.8) is 0 Å². The van der Waals surface area contributed by atoms with Gasteiger partial charge >= 0.3 is 0 Å². The lowest BCUT2D eigenvalue weighted by molar-refractivity contribution is -0.108. The van der Waals surface area contributed by atoms with Gasteiger partial charge in [0.05, 0.1) is 0 Å². The van der Waals surface area contributed by atoms with Crippen molar-refractivity contribution in [1.82, 2.24) is 0 Å². The van der Waals surface area contributed by atoms with Gasteiger partial charge in [-0.1, -0.05) is 6.92 Å². The molecule has 0 aliphatic rings. The summed E-state index contributed by atoms with van der Waals surface area (Å²) >= 11 is 0. The Hall–Kier alpha value is -0.770. The molecule has 0 amide bonds. The van der Waals surface area contributed by atoms with Gasteiger partial charge in [0, 0.05) is 12.3 Å². The van der Waals surface area contributed by atoms with Crippen molar-refractivity contribution in [2.45, 2.75) is 26.7 Å². The highest BCUT2D eigenvalue weighted by Crippen LogP contribution is 2.00. The third kappa shape index (κ3) is 5.10. The minimum atomic E-state index is 0.375. The van der Waals surface area contributed by atoms with Crippen LogP contribution in [-0.4, -0.2) is 6.29 Å². The van der Waals surface area contributed by atoms with Gasteiger partial charge in [-0.3, -0.25) is 0 Å². The van der Waals surface area contributed by atoms with Gasteiger partial charge in [-0.15, -0.1) is 11.8 Å². The van der Waals surface area contributed by atoms with Crippen LogP contribution in [0.1, 0.15) is 26.7 Å². The fraction of sp³-hybridized carbons (Fsp3) is 0.625. The van der Waals surface area contributed by atoms with E-state index in [2.05, 4.69) is 11.8 Å². The van der Waals surface area contributed by atoms with E-state index in [9.17, 15) is 4.79 Å². The second-order valence-electron chi connectivity index (χ2n) is 2.04. The molecule has 0 aromatic rings. The first-order valence-electron chi connectivity index (χ1n) is 3.17. The van der Waals surface area contributed by atoms with Crippen molar-refractivity contribution < 1.29 is 4.79 Å². The molecule has 1 nitrogen and oxygen atoms in total. The molecule has 0 aromatic heterocycles. The van der Waals surface area contributed by atoms with Gasteiger partial charge in [0.25, 0.3) is 0 Å². The Kier molecular flexibility index (Phi) is 4.91. The maximum absolute atomic E-state index is 9.87. The Morgan fingerprint density at radius 2 is 2.33 bits per heavy atom. The lowest BCUT2D eigenvalue weighted by Gasteiger charge is -1.96. The Morgan fingerprint density at radius 3 is 2.78 bits per heavy atom. The van der Waals surface area contributed by atoms with Crippen LogP contribution in [0.2, 0.25) is 0 Å². The first-order valence-corrected chi connectivity index (χ1v) is 3.17. The molecular weight excluding hydrogens is 112 g/mol. The molecule has 9 heavy (non-hydrogen) atoms. The molecule has 0 rings (SSSR count). The van der Waals surface area contributed by atoms with Gasteiger partial charge in [-0.2, -0.15) is 0 Å². The molecule has 0 aromatic carbocycles. The highest BCUT2D eigenvalue weighted by atomic mass is 16.1. The highest BCUT2D eigenvalue weighted by Gasteiger charge is 1.93. The summed E-state index contributed by atoms with van der Waals surface area (Å²) in [5.41, 5.74) is 0. The number of carbonyl (C=O) groups is 1. The number of rotatable bonds is 3. The van der Waals surface area contributed by atoms with E-state index in [-0.39, 0.29) is 0 Å². The number of hydrogen-bond acceptors (Lipinski definition) is 1. The monoisotopic (exact) mass is 124 g/mol. The maximum atomic E-state index is 9.87. The second-order valence-corrected chi connectivity index (χ2v) is 2.04. The van der Waals surface area contributed by atoms with Crippen LogP contribution in [-0.2, 0) is 4.79 Å². The molecule has 0 fully saturated rings. The fourth-order valence-electron chi connectivity index (χ4n) is 0.637. The molecule has 0 aliphatic heterocycles. The van der Waals surface area contributed by atoms with E-state index in [1.54, 1.807) is 0 Å². The van der Waals surface area contributed by atoms with Gasteiger partial charge in [0.15, 0.2) is 0 Å². The summed E-state index contributed by atoms with van der Waals surface area (Å²) in [5.74, 6) is 6.16. The quantitative estimate of drug-likeness (QED) is 0.413. The largest absolute Gasteiger partial charge is 0.303 e. The Morgan fingerprint density at radius 1 is 1.67 bits per heavy atom. The van der Waals surface area contributed by atoms with Crippen LogP contribution in [0, 0.1) is 17.8 Å². The van der Waals surface area contributed by atoms with Crippen molar-refractivity contribution >= 4 is 6.29 Å². The van der Waals surface area contributed by atoms with Crippen LogP contribution in [0.5, 0.6) is 0 Å². The molecule has 0 spiro atoms. The molecule has 0 aliphatic carbocycles. The molecule has 0 unspecified atom stereocenters. The first kappa shape index (κ1) is 8.23. The van der Waals surface area contributed by atoms with Crippen LogP contribution >= 0.6 is 0 Å². The average molecular weight is 124 g/mol. The first-order chi connectivity index (χ1) is 4.31. The van der Waals surface area contributed by atoms with Crippen molar-refractivity contribution in [2.75, 3.05) is 0 Å². The minimum absolute atomic E-state index is 0.375. The number of hydrogen-bond donors (Lipinski definition) is 0. The topological polar surface area (TPSA) is 17.1 Å². The Bertz CT molecular complexity index is 127. The summed E-state index contributed by atoms with van der Waals surface area (Å²) in [7, 11) is 0. The summed E-state index contributed by atoms with van der Waals surface area (Å²) < 4.78 is 0. The average Bonchev–Trinajstić information content (AvgIpc) is 1.85. The summed E-state index contributed by atoms with van der Waals surface area (Å²) in [6, 6.07) is 0. The zero-order valence-corrected chi connectivity index (χ0v) is 5.98. The lowest BCUT2D eigenvalue weighted by atomic mass is 10.1. The van der Waals surface area contributed by atoms with Crippen LogP contribution in [0.15, 0.2) is 0 Å². The van der Waals surface area contributed by atoms with Crippen molar-refractivity contribution in [3.8, 4) is 11.8 Å². The molecule has 0 bridgehead atoms. The molecular formula is C8H12O. The van der Waals surface area contributed by atoms with E-state index in [1.165, 1.54) is 0 Å². The summed E-state index contributed by atoms with van der Waals surface area (Å²) in [4.78, 5) is 9.87. The number of aldehydes is 1. The predicted molar refractivity (Wildman–Crippen MR) is 37.9 cm³/mol. The van der Waals surface area contributed by atoms with Gasteiger partial charge in [0.1, 0.15) is 6.29 Å².